The van der Waals surface area contributed by atoms with Crippen LogP contribution in [-0.2, 0) is 42.3 Å². The summed E-state index contributed by atoms with van der Waals surface area (Å²) in [4.78, 5) is 119. The van der Waals surface area contributed by atoms with Crippen LogP contribution >= 0.6 is 0 Å². The summed E-state index contributed by atoms with van der Waals surface area (Å²) >= 11 is 0. The summed E-state index contributed by atoms with van der Waals surface area (Å²) in [7, 11) is -1.87. The predicted octanol–water partition coefficient (Wildman–Crippen LogP) is 8.35. The van der Waals surface area contributed by atoms with E-state index < -0.39 is 135 Å². The van der Waals surface area contributed by atoms with Crippen molar-refractivity contribution in [3.8, 4) is 0 Å². The van der Waals surface area contributed by atoms with Crippen LogP contribution in [0, 0.1) is 0 Å². The van der Waals surface area contributed by atoms with Gasteiger partial charge in [-0.15, -0.1) is 0 Å². The van der Waals surface area contributed by atoms with Crippen LogP contribution in [0.4, 0.5) is 0 Å². The van der Waals surface area contributed by atoms with E-state index in [0.29, 0.717) is 0 Å². The zero-order valence-electron chi connectivity index (χ0n) is 46.2. The van der Waals surface area contributed by atoms with Crippen molar-refractivity contribution in [2.75, 3.05) is 20.3 Å². The third-order valence-electron chi connectivity index (χ3n) is 15.5. The van der Waals surface area contributed by atoms with Crippen molar-refractivity contribution in [1.29, 1.82) is 0 Å². The Bertz CT molecular complexity index is 3340. The minimum atomic E-state index is -3.11. The zero-order valence-corrected chi connectivity index (χ0v) is 47.2. The van der Waals surface area contributed by atoms with Crippen LogP contribution in [0.1, 0.15) is 104 Å². The average Bonchev–Trinajstić information content (AvgIpc) is 2.60. The second kappa shape index (κ2) is 24.1. The number of esters is 4. The third-order valence-corrected chi connectivity index (χ3v) is 20.0. The maximum Gasteiger partial charge on any atom is 0.338 e. The third kappa shape index (κ3) is 11.7. The molecule has 0 spiro atoms. The molecule has 4 amide bonds. The fourth-order valence-corrected chi connectivity index (χ4v) is 11.6. The molecule has 10 atom stereocenters. The molecular weight excluding hydrogens is 1080 g/mol. The van der Waals surface area contributed by atoms with Gasteiger partial charge in [0.05, 0.1) is 44.5 Å². The van der Waals surface area contributed by atoms with Gasteiger partial charge in [-0.3, -0.25) is 29.0 Å². The summed E-state index contributed by atoms with van der Waals surface area (Å²) in [5.74, 6) is -6.82. The molecule has 0 bridgehead atoms. The Morgan fingerprint density at radius 3 is 1.12 bits per heavy atom. The fraction of sp³-hybridized carbons (Fsp3) is 0.302. The molecule has 4 aliphatic heterocycles. The van der Waals surface area contributed by atoms with E-state index in [1.54, 1.807) is 109 Å². The molecule has 83 heavy (non-hydrogen) atoms. The normalized spacial score (nSPS) is 24.2. The topological polar surface area (TPSA) is 226 Å². The number of nitrogens with zero attached hydrogens (tertiary/aromatic N) is 2. The van der Waals surface area contributed by atoms with Gasteiger partial charge in [0.25, 0.3) is 23.6 Å². The Kier molecular flexibility index (Phi) is 16.8. The lowest BCUT2D eigenvalue weighted by Gasteiger charge is -2.53. The number of rotatable bonds is 17. The second-order valence-corrected chi connectivity index (χ2v) is 26.5. The van der Waals surface area contributed by atoms with Crippen LogP contribution in [0.15, 0.2) is 170 Å². The van der Waals surface area contributed by atoms with Crippen molar-refractivity contribution in [3.05, 3.63) is 214 Å². The molecule has 0 aliphatic carbocycles. The number of hydrogen-bond acceptors (Lipinski definition) is 17. The molecule has 19 nitrogen and oxygen atoms in total. The highest BCUT2D eigenvalue weighted by Gasteiger charge is 2.62. The average molecular weight is 1150 g/mol. The van der Waals surface area contributed by atoms with Crippen LogP contribution in [0.25, 0.3) is 0 Å². The summed E-state index contributed by atoms with van der Waals surface area (Å²) in [6.07, 6.45) is -13.7. The summed E-state index contributed by atoms with van der Waals surface area (Å²) in [5.41, 5.74) is 0.417. The second-order valence-electron chi connectivity index (χ2n) is 21.7. The van der Waals surface area contributed by atoms with Crippen molar-refractivity contribution >= 4 is 55.8 Å². The van der Waals surface area contributed by atoms with Gasteiger partial charge in [-0.05, 0) is 90.9 Å². The molecule has 6 aromatic carbocycles. The van der Waals surface area contributed by atoms with Gasteiger partial charge in [-0.2, -0.15) is 0 Å². The van der Waals surface area contributed by atoms with E-state index in [1.807, 2.05) is 33.9 Å². The van der Waals surface area contributed by atoms with Gasteiger partial charge in [-0.1, -0.05) is 118 Å². The standard InChI is InChI=1S/C63H60N2O17Si/c1-63(2,3)83(5,6)82-50-46(36-76-58(71)38-25-13-8-14-26-38)78-62(48(52(50)80-60(73)40-29-17-10-18-30-40)65-55(68)43-33-21-22-34-44(43)56(65)69)81-49-45(35-75-57(70)37-23-11-7-12-24-37)77-61(74-4)47(51(49)79-59(72)39-27-15-9-16-28-39)64-53(66)41-31-19-20-32-42(41)54(64)67/h7-34,45-52,61-62H,35-36H2,1-6H3/t45?,46?,47?,48?,49-,50?,51-,52+,61-,62-/m0/s1. The van der Waals surface area contributed by atoms with Crippen LogP contribution in [0.2, 0.25) is 18.1 Å². The number of ether oxygens (including phenoxy) is 8. The number of hydrogen-bond donors (Lipinski definition) is 0. The van der Waals surface area contributed by atoms with Crippen LogP contribution in [0.3, 0.4) is 0 Å². The number of amides is 4. The molecular formula is C63H60N2O17Si. The molecule has 6 aromatic rings. The maximum atomic E-state index is 15.2. The highest BCUT2D eigenvalue weighted by atomic mass is 28.4. The molecule has 2 fully saturated rings. The van der Waals surface area contributed by atoms with Gasteiger partial charge < -0.3 is 42.3 Å². The summed E-state index contributed by atoms with van der Waals surface area (Å²) in [5, 5.41) is -0.554. The van der Waals surface area contributed by atoms with Gasteiger partial charge >= 0.3 is 23.9 Å². The van der Waals surface area contributed by atoms with Crippen molar-refractivity contribution in [2.45, 2.75) is 100 Å². The minimum Gasteiger partial charge on any atom is -0.459 e. The summed E-state index contributed by atoms with van der Waals surface area (Å²) < 4.78 is 59.2. The zero-order chi connectivity index (χ0) is 58.7. The van der Waals surface area contributed by atoms with Gasteiger partial charge in [0.2, 0.25) is 0 Å². The lowest BCUT2D eigenvalue weighted by atomic mass is 9.92. The van der Waals surface area contributed by atoms with E-state index >= 15 is 9.59 Å². The maximum absolute atomic E-state index is 15.2. The number of benzene rings is 6. The first kappa shape index (κ1) is 57.7. The Morgan fingerprint density at radius 2 is 0.759 bits per heavy atom. The van der Waals surface area contributed by atoms with Crippen molar-refractivity contribution in [1.82, 2.24) is 9.80 Å². The molecule has 0 radical (unpaired) electrons. The van der Waals surface area contributed by atoms with Gasteiger partial charge in [0.1, 0.15) is 49.7 Å². The van der Waals surface area contributed by atoms with E-state index in [0.717, 1.165) is 9.80 Å². The molecule has 428 valence electrons. The van der Waals surface area contributed by atoms with Crippen LogP contribution in [0.5, 0.6) is 0 Å². The van der Waals surface area contributed by atoms with Crippen LogP contribution in [-0.4, -0.2) is 147 Å². The van der Waals surface area contributed by atoms with Gasteiger partial charge in [-0.25, -0.2) is 19.2 Å². The number of carbonyl (C=O) groups is 8. The quantitative estimate of drug-likeness (QED) is 0.0362. The first-order chi connectivity index (χ1) is 39.9. The number of methoxy groups -OCH3 is 1. The SMILES string of the molecule is CO[C@H]1OC(COC(=O)c2ccccc2)[C@H](O[C@@H]2OC(COC(=O)c3ccccc3)C(O[Si](C)(C)C(C)(C)C)[C@H](OC(=O)c3ccccc3)C2N2C(=O)c3ccccc3C2=O)[C@@H](OC(=O)c2ccccc2)C1N1C(=O)c2ccccc2C1=O. The number of imide groups is 2. The first-order valence-electron chi connectivity index (χ1n) is 26.9. The van der Waals surface area contributed by atoms with Crippen molar-refractivity contribution in [3.63, 3.8) is 0 Å². The van der Waals surface area contributed by atoms with E-state index in [1.165, 1.54) is 67.8 Å². The Morgan fingerprint density at radius 1 is 0.446 bits per heavy atom. The Labute approximate surface area is 479 Å². The molecule has 20 heteroatoms. The highest BCUT2D eigenvalue weighted by Crippen LogP contribution is 2.44. The van der Waals surface area contributed by atoms with E-state index in [2.05, 4.69) is 0 Å². The van der Waals surface area contributed by atoms with Gasteiger partial charge in [0.15, 0.2) is 33.1 Å². The van der Waals surface area contributed by atoms with E-state index in [4.69, 9.17) is 42.3 Å². The van der Waals surface area contributed by atoms with E-state index in [-0.39, 0.29) is 44.5 Å². The molecule has 0 aromatic heterocycles. The predicted molar refractivity (Wildman–Crippen MR) is 297 cm³/mol. The lowest BCUT2D eigenvalue weighted by Crippen LogP contribution is -2.72. The van der Waals surface area contributed by atoms with Gasteiger partial charge in [0, 0.05) is 7.11 Å². The first-order valence-corrected chi connectivity index (χ1v) is 29.8. The molecule has 5 unspecified atom stereocenters. The molecule has 4 aliphatic rings. The molecule has 2 saturated heterocycles. The van der Waals surface area contributed by atoms with E-state index in [9.17, 15) is 28.8 Å². The monoisotopic (exact) mass is 1140 g/mol. The summed E-state index contributed by atoms with van der Waals surface area (Å²) in [6, 6.07) is 40.4. The minimum absolute atomic E-state index is 0.0137. The largest absolute Gasteiger partial charge is 0.459 e. The molecule has 10 rings (SSSR count). The highest BCUT2D eigenvalue weighted by molar-refractivity contribution is 6.74. The number of carbonyl (C=O) groups excluding carboxylic acids is 8. The molecule has 0 saturated carbocycles. The number of fused-ring (bicyclic) bond motifs is 2. The lowest BCUT2D eigenvalue weighted by molar-refractivity contribution is -0.336. The Hall–Kier alpha value is -8.50. The fourth-order valence-electron chi connectivity index (χ4n) is 10.3. The van der Waals surface area contributed by atoms with Crippen molar-refractivity contribution < 1.29 is 80.7 Å². The van der Waals surface area contributed by atoms with Crippen molar-refractivity contribution in [2.24, 2.45) is 0 Å². The summed E-state index contributed by atoms with van der Waals surface area (Å²) in [6.45, 7) is 8.44. The molecule has 4 heterocycles. The Balaban J connectivity index is 1.17. The molecule has 0 N–H and O–H groups in total. The smallest absolute Gasteiger partial charge is 0.338 e. The van der Waals surface area contributed by atoms with Crippen LogP contribution < -0.4 is 0 Å².